The highest BCUT2D eigenvalue weighted by atomic mass is 79.9. The molecule has 2 aliphatic rings. The quantitative estimate of drug-likeness (QED) is 0.543. The van der Waals surface area contributed by atoms with Crippen molar-refractivity contribution in [2.45, 2.75) is 18.9 Å². The number of benzene rings is 3. The van der Waals surface area contributed by atoms with Crippen LogP contribution in [0.1, 0.15) is 33.1 Å². The minimum absolute atomic E-state index is 0.0268. The molecule has 1 heterocycles. The van der Waals surface area contributed by atoms with Gasteiger partial charge in [0, 0.05) is 22.1 Å². The van der Waals surface area contributed by atoms with Gasteiger partial charge >= 0.3 is 0 Å². The standard InChI is InChI=1S/C25H22BrNO5/c1-31-20-12-17-15(10-19(20)28)9-18-22-14(11-21(32-2)24(29)23(17)22)7-8-27(18)25(30)13-3-5-16(26)6-4-13/h3-6,10-12,18,28-29H,7-9H2,1-2H3. The van der Waals surface area contributed by atoms with Crippen molar-refractivity contribution in [3.05, 3.63) is 69.2 Å². The molecule has 0 radical (unpaired) electrons. The van der Waals surface area contributed by atoms with E-state index in [1.807, 2.05) is 35.2 Å². The van der Waals surface area contributed by atoms with E-state index in [9.17, 15) is 15.0 Å². The Balaban J connectivity index is 1.70. The second-order valence-electron chi connectivity index (χ2n) is 8.03. The molecule has 0 aromatic heterocycles. The molecule has 0 fully saturated rings. The second-order valence-corrected chi connectivity index (χ2v) is 8.95. The smallest absolute Gasteiger partial charge is 0.254 e. The lowest BCUT2D eigenvalue weighted by Crippen LogP contribution is -2.42. The molecular formula is C25H22BrNO5. The van der Waals surface area contributed by atoms with Crippen LogP contribution in [0, 0.1) is 0 Å². The van der Waals surface area contributed by atoms with Crippen LogP contribution in [0.25, 0.3) is 11.1 Å². The molecule has 1 unspecified atom stereocenters. The van der Waals surface area contributed by atoms with Gasteiger partial charge in [-0.15, -0.1) is 0 Å². The molecule has 1 aliphatic heterocycles. The van der Waals surface area contributed by atoms with Gasteiger partial charge in [-0.25, -0.2) is 0 Å². The third-order valence-corrected chi connectivity index (χ3v) is 6.91. The fourth-order valence-electron chi connectivity index (χ4n) is 4.88. The summed E-state index contributed by atoms with van der Waals surface area (Å²) in [6, 6.07) is 12.3. The van der Waals surface area contributed by atoms with E-state index in [-0.39, 0.29) is 23.4 Å². The molecule has 164 valence electrons. The third-order valence-electron chi connectivity index (χ3n) is 6.38. The Morgan fingerprint density at radius 3 is 2.44 bits per heavy atom. The Labute approximate surface area is 194 Å². The first-order chi connectivity index (χ1) is 15.4. The minimum atomic E-state index is -0.262. The number of ether oxygens (including phenoxy) is 2. The van der Waals surface area contributed by atoms with Gasteiger partial charge < -0.3 is 24.6 Å². The Hall–Kier alpha value is -3.19. The Morgan fingerprint density at radius 2 is 1.75 bits per heavy atom. The molecule has 1 amide bonds. The lowest BCUT2D eigenvalue weighted by Gasteiger charge is -2.42. The van der Waals surface area contributed by atoms with Crippen LogP contribution < -0.4 is 9.47 Å². The molecule has 2 N–H and O–H groups in total. The predicted molar refractivity (Wildman–Crippen MR) is 124 cm³/mol. The van der Waals surface area contributed by atoms with E-state index in [2.05, 4.69) is 15.9 Å². The lowest BCUT2D eigenvalue weighted by atomic mass is 9.76. The van der Waals surface area contributed by atoms with Crippen LogP contribution in [0.2, 0.25) is 0 Å². The van der Waals surface area contributed by atoms with Gasteiger partial charge in [0.2, 0.25) is 0 Å². The van der Waals surface area contributed by atoms with E-state index in [1.165, 1.54) is 14.2 Å². The summed E-state index contributed by atoms with van der Waals surface area (Å²) in [4.78, 5) is 15.3. The highest BCUT2D eigenvalue weighted by molar-refractivity contribution is 9.10. The molecule has 0 saturated heterocycles. The van der Waals surface area contributed by atoms with Crippen molar-refractivity contribution in [3.63, 3.8) is 0 Å². The van der Waals surface area contributed by atoms with Crippen LogP contribution in [0.4, 0.5) is 0 Å². The summed E-state index contributed by atoms with van der Waals surface area (Å²) >= 11 is 3.42. The molecule has 0 bridgehead atoms. The largest absolute Gasteiger partial charge is 0.504 e. The van der Waals surface area contributed by atoms with Gasteiger partial charge in [0.05, 0.1) is 20.3 Å². The summed E-state index contributed by atoms with van der Waals surface area (Å²) in [6.07, 6.45) is 1.18. The van der Waals surface area contributed by atoms with E-state index in [1.54, 1.807) is 12.1 Å². The van der Waals surface area contributed by atoms with Gasteiger partial charge in [-0.05, 0) is 77.6 Å². The first-order valence-corrected chi connectivity index (χ1v) is 11.1. The highest BCUT2D eigenvalue weighted by Gasteiger charge is 2.39. The van der Waals surface area contributed by atoms with Crippen molar-refractivity contribution in [3.8, 4) is 34.1 Å². The van der Waals surface area contributed by atoms with Crippen LogP contribution in [0.3, 0.4) is 0 Å². The topological polar surface area (TPSA) is 79.2 Å². The number of nitrogens with zero attached hydrogens (tertiary/aromatic N) is 1. The fraction of sp³-hybridized carbons (Fsp3) is 0.240. The Morgan fingerprint density at radius 1 is 1.03 bits per heavy atom. The zero-order chi connectivity index (χ0) is 22.6. The first kappa shape index (κ1) is 20.7. The SMILES string of the molecule is COc1cc2c(cc1O)CC1c3c(cc(OC)c(O)c3-2)CCN1C(=O)c1ccc(Br)cc1. The van der Waals surface area contributed by atoms with Gasteiger partial charge in [-0.2, -0.15) is 0 Å². The van der Waals surface area contributed by atoms with Crippen molar-refractivity contribution in [2.75, 3.05) is 20.8 Å². The summed E-state index contributed by atoms with van der Waals surface area (Å²) in [5, 5.41) is 21.5. The maximum absolute atomic E-state index is 13.5. The Kier molecular flexibility index (Phi) is 5.01. The number of fused-ring (bicyclic) bond motifs is 2. The normalized spacial score (nSPS) is 16.2. The van der Waals surface area contributed by atoms with Crippen LogP contribution in [-0.4, -0.2) is 41.8 Å². The number of aromatic hydroxyl groups is 2. The number of amides is 1. The molecule has 3 aromatic rings. The van der Waals surface area contributed by atoms with Crippen LogP contribution in [0.5, 0.6) is 23.0 Å². The molecular weight excluding hydrogens is 474 g/mol. The van der Waals surface area contributed by atoms with Crippen molar-refractivity contribution in [1.29, 1.82) is 0 Å². The van der Waals surface area contributed by atoms with Crippen LogP contribution in [-0.2, 0) is 12.8 Å². The van der Waals surface area contributed by atoms with Crippen LogP contribution >= 0.6 is 15.9 Å². The highest BCUT2D eigenvalue weighted by Crippen LogP contribution is 2.53. The fourth-order valence-corrected chi connectivity index (χ4v) is 5.15. The first-order valence-electron chi connectivity index (χ1n) is 10.3. The number of hydrogen-bond acceptors (Lipinski definition) is 5. The number of phenolic OH excluding ortho intramolecular Hbond substituents is 2. The number of methoxy groups -OCH3 is 2. The molecule has 0 saturated carbocycles. The maximum atomic E-state index is 13.5. The monoisotopic (exact) mass is 495 g/mol. The van der Waals surface area contributed by atoms with Crippen molar-refractivity contribution >= 4 is 21.8 Å². The number of hydrogen-bond donors (Lipinski definition) is 2. The zero-order valence-corrected chi connectivity index (χ0v) is 19.3. The average molecular weight is 496 g/mol. The van der Waals surface area contributed by atoms with Crippen LogP contribution in [0.15, 0.2) is 46.9 Å². The van der Waals surface area contributed by atoms with Gasteiger partial charge in [0.1, 0.15) is 0 Å². The van der Waals surface area contributed by atoms with E-state index < -0.39 is 0 Å². The summed E-state index contributed by atoms with van der Waals surface area (Å²) in [7, 11) is 3.02. The summed E-state index contributed by atoms with van der Waals surface area (Å²) in [6.45, 7) is 0.553. The number of halogens is 1. The summed E-state index contributed by atoms with van der Waals surface area (Å²) in [5.74, 6) is 0.722. The van der Waals surface area contributed by atoms with Crippen molar-refractivity contribution < 1.29 is 24.5 Å². The number of rotatable bonds is 3. The van der Waals surface area contributed by atoms with Gasteiger partial charge in [0.15, 0.2) is 23.0 Å². The molecule has 6 nitrogen and oxygen atoms in total. The average Bonchev–Trinajstić information content (AvgIpc) is 2.80. The van der Waals surface area contributed by atoms with E-state index in [0.29, 0.717) is 42.0 Å². The zero-order valence-electron chi connectivity index (χ0n) is 17.7. The van der Waals surface area contributed by atoms with E-state index in [0.717, 1.165) is 26.7 Å². The number of phenols is 2. The Bertz CT molecular complexity index is 1240. The second kappa shape index (κ2) is 7.74. The molecule has 32 heavy (non-hydrogen) atoms. The minimum Gasteiger partial charge on any atom is -0.504 e. The summed E-state index contributed by atoms with van der Waals surface area (Å²) < 4.78 is 11.7. The van der Waals surface area contributed by atoms with Gasteiger partial charge in [-0.1, -0.05) is 15.9 Å². The van der Waals surface area contributed by atoms with Crippen molar-refractivity contribution in [1.82, 2.24) is 4.90 Å². The molecule has 1 atom stereocenters. The molecule has 3 aromatic carbocycles. The van der Waals surface area contributed by atoms with Gasteiger partial charge in [-0.3, -0.25) is 4.79 Å². The predicted octanol–water partition coefficient (Wildman–Crippen LogP) is 4.84. The molecule has 7 heteroatoms. The van der Waals surface area contributed by atoms with E-state index in [4.69, 9.17) is 9.47 Å². The molecule has 1 aliphatic carbocycles. The molecule has 5 rings (SSSR count). The van der Waals surface area contributed by atoms with Crippen molar-refractivity contribution in [2.24, 2.45) is 0 Å². The maximum Gasteiger partial charge on any atom is 0.254 e. The van der Waals surface area contributed by atoms with Gasteiger partial charge in [0.25, 0.3) is 5.91 Å². The summed E-state index contributed by atoms with van der Waals surface area (Å²) in [5.41, 5.74) is 4.85. The lowest BCUT2D eigenvalue weighted by molar-refractivity contribution is 0.0658. The molecule has 0 spiro atoms. The van der Waals surface area contributed by atoms with E-state index >= 15 is 0 Å². The third kappa shape index (κ3) is 3.11. The number of carbonyl (C=O) groups excluding carboxylic acids is 1. The number of carbonyl (C=O) groups is 1.